The molecule has 1 aliphatic rings. The molecule has 0 bridgehead atoms. The Balaban J connectivity index is 0.00000264. The van der Waals surface area contributed by atoms with Gasteiger partial charge >= 0.3 is 0 Å². The van der Waals surface area contributed by atoms with Gasteiger partial charge in [-0.3, -0.25) is 0 Å². The van der Waals surface area contributed by atoms with Crippen LogP contribution in [0.25, 0.3) is 0 Å². The van der Waals surface area contributed by atoms with Crippen molar-refractivity contribution >= 4 is 22.4 Å². The maximum Gasteiger partial charge on any atom is 0.246 e. The predicted molar refractivity (Wildman–Crippen MR) is 94.8 cm³/mol. The fourth-order valence-corrected chi connectivity index (χ4v) is 4.98. The van der Waals surface area contributed by atoms with Crippen LogP contribution in [-0.2, 0) is 10.0 Å². The molecule has 2 unspecified atom stereocenters. The van der Waals surface area contributed by atoms with Crippen molar-refractivity contribution < 1.29 is 13.2 Å². The van der Waals surface area contributed by atoms with E-state index >= 15 is 0 Å². The molecule has 0 amide bonds. The fraction of sp³-hybridized carbons (Fsp3) is 0.625. The molecule has 2 rings (SSSR count). The second kappa shape index (κ2) is 7.83. The van der Waals surface area contributed by atoms with Gasteiger partial charge in [0.25, 0.3) is 0 Å². The van der Waals surface area contributed by atoms with Crippen LogP contribution >= 0.6 is 12.4 Å². The van der Waals surface area contributed by atoms with E-state index in [1.807, 2.05) is 26.8 Å². The summed E-state index contributed by atoms with van der Waals surface area (Å²) < 4.78 is 33.0. The molecule has 2 N–H and O–H groups in total. The minimum absolute atomic E-state index is 0. The van der Waals surface area contributed by atoms with Crippen molar-refractivity contribution in [2.24, 2.45) is 11.7 Å². The van der Waals surface area contributed by atoms with Crippen LogP contribution in [-0.4, -0.2) is 39.0 Å². The van der Waals surface area contributed by atoms with Crippen molar-refractivity contribution in [3.8, 4) is 5.75 Å². The van der Waals surface area contributed by atoms with Crippen LogP contribution in [0, 0.1) is 19.8 Å². The Morgan fingerprint density at radius 3 is 2.57 bits per heavy atom. The van der Waals surface area contributed by atoms with Crippen molar-refractivity contribution in [2.75, 3.05) is 20.2 Å². The Hall–Kier alpha value is -0.820. The van der Waals surface area contributed by atoms with Crippen LogP contribution in [0.2, 0.25) is 0 Å². The average molecular weight is 363 g/mol. The maximum atomic E-state index is 13.0. The Labute approximate surface area is 145 Å². The molecule has 1 aliphatic heterocycles. The number of hydrogen-bond acceptors (Lipinski definition) is 4. The van der Waals surface area contributed by atoms with E-state index in [4.69, 9.17) is 10.5 Å². The zero-order chi connectivity index (χ0) is 16.5. The molecule has 7 heteroatoms. The van der Waals surface area contributed by atoms with Gasteiger partial charge in [0, 0.05) is 19.1 Å². The van der Waals surface area contributed by atoms with E-state index in [0.717, 1.165) is 24.0 Å². The summed E-state index contributed by atoms with van der Waals surface area (Å²) in [5.41, 5.74) is 7.72. The van der Waals surface area contributed by atoms with E-state index in [0.29, 0.717) is 18.8 Å². The molecule has 0 radical (unpaired) electrons. The summed E-state index contributed by atoms with van der Waals surface area (Å²) in [5.74, 6) is 0.647. The van der Waals surface area contributed by atoms with E-state index < -0.39 is 10.0 Å². The lowest BCUT2D eigenvalue weighted by atomic mass is 9.93. The van der Waals surface area contributed by atoms with Gasteiger partial charge in [-0.2, -0.15) is 4.31 Å². The highest BCUT2D eigenvalue weighted by molar-refractivity contribution is 7.89. The van der Waals surface area contributed by atoms with Crippen LogP contribution in [0.5, 0.6) is 5.75 Å². The number of piperidine rings is 1. The Kier molecular flexibility index (Phi) is 6.89. The molecule has 23 heavy (non-hydrogen) atoms. The normalized spacial score (nSPS) is 20.7. The molecule has 1 fully saturated rings. The number of methoxy groups -OCH3 is 1. The highest BCUT2D eigenvalue weighted by atomic mass is 35.5. The summed E-state index contributed by atoms with van der Waals surface area (Å²) >= 11 is 0. The van der Waals surface area contributed by atoms with Gasteiger partial charge in [0.2, 0.25) is 10.0 Å². The van der Waals surface area contributed by atoms with E-state index in [1.54, 1.807) is 10.4 Å². The number of benzene rings is 1. The standard InChI is InChI=1S/C16H26N2O3S.ClH/c1-11-8-12(2)16(21-4)15(9-11)22(19,20)18-7-5-6-14(10-18)13(3)17;/h8-9,13-14H,5-7,10,17H2,1-4H3;1H. The minimum atomic E-state index is -3.56. The van der Waals surface area contributed by atoms with Crippen molar-refractivity contribution in [3.05, 3.63) is 23.3 Å². The fourth-order valence-electron chi connectivity index (χ4n) is 3.13. The van der Waals surface area contributed by atoms with Gasteiger partial charge in [-0.05, 0) is 56.7 Å². The Morgan fingerprint density at radius 2 is 2.00 bits per heavy atom. The van der Waals surface area contributed by atoms with Crippen LogP contribution in [0.15, 0.2) is 17.0 Å². The molecule has 0 aromatic heterocycles. The van der Waals surface area contributed by atoms with E-state index in [-0.39, 0.29) is 29.3 Å². The Bertz CT molecular complexity index is 647. The molecule has 0 spiro atoms. The third kappa shape index (κ3) is 4.18. The smallest absolute Gasteiger partial charge is 0.246 e. The van der Waals surface area contributed by atoms with E-state index in [2.05, 4.69) is 0 Å². The average Bonchev–Trinajstić information content (AvgIpc) is 2.46. The zero-order valence-electron chi connectivity index (χ0n) is 14.2. The summed E-state index contributed by atoms with van der Waals surface area (Å²) in [5, 5.41) is 0. The highest BCUT2D eigenvalue weighted by Gasteiger charge is 2.33. The van der Waals surface area contributed by atoms with Gasteiger partial charge in [-0.15, -0.1) is 12.4 Å². The number of aryl methyl sites for hydroxylation is 2. The Morgan fingerprint density at radius 1 is 1.35 bits per heavy atom. The SMILES string of the molecule is COc1c(C)cc(C)cc1S(=O)(=O)N1CCCC(C(C)N)C1.Cl. The molecule has 132 valence electrons. The van der Waals surface area contributed by atoms with Crippen LogP contribution in [0.1, 0.15) is 30.9 Å². The quantitative estimate of drug-likeness (QED) is 0.893. The second-order valence-corrected chi connectivity index (χ2v) is 8.14. The third-order valence-corrected chi connectivity index (χ3v) is 6.24. The molecule has 1 heterocycles. The number of rotatable bonds is 4. The number of sulfonamides is 1. The molecular weight excluding hydrogens is 336 g/mol. The zero-order valence-corrected chi connectivity index (χ0v) is 15.8. The summed E-state index contributed by atoms with van der Waals surface area (Å²) in [6, 6.07) is 3.62. The van der Waals surface area contributed by atoms with Crippen LogP contribution < -0.4 is 10.5 Å². The predicted octanol–water partition coefficient (Wildman–Crippen LogP) is 2.48. The van der Waals surface area contributed by atoms with Crippen molar-refractivity contribution in [2.45, 2.75) is 44.6 Å². The number of halogens is 1. The van der Waals surface area contributed by atoms with Crippen LogP contribution in [0.4, 0.5) is 0 Å². The van der Waals surface area contributed by atoms with Gasteiger partial charge in [-0.1, -0.05) is 6.07 Å². The topological polar surface area (TPSA) is 72.6 Å². The van der Waals surface area contributed by atoms with Crippen molar-refractivity contribution in [1.82, 2.24) is 4.31 Å². The number of nitrogens with zero attached hydrogens (tertiary/aromatic N) is 1. The summed E-state index contributed by atoms with van der Waals surface area (Å²) in [4.78, 5) is 0.262. The van der Waals surface area contributed by atoms with Gasteiger partial charge < -0.3 is 10.5 Å². The number of hydrogen-bond donors (Lipinski definition) is 1. The van der Waals surface area contributed by atoms with Crippen molar-refractivity contribution in [1.29, 1.82) is 0 Å². The summed E-state index contributed by atoms with van der Waals surface area (Å²) in [7, 11) is -2.05. The maximum absolute atomic E-state index is 13.0. The first kappa shape index (κ1) is 20.2. The first-order chi connectivity index (χ1) is 10.3. The number of ether oxygens (including phenoxy) is 1. The minimum Gasteiger partial charge on any atom is -0.495 e. The lowest BCUT2D eigenvalue weighted by molar-refractivity contribution is 0.242. The first-order valence-corrected chi connectivity index (χ1v) is 9.12. The van der Waals surface area contributed by atoms with Crippen molar-refractivity contribution in [3.63, 3.8) is 0 Å². The lowest BCUT2D eigenvalue weighted by Gasteiger charge is -2.34. The monoisotopic (exact) mass is 362 g/mol. The molecule has 5 nitrogen and oxygen atoms in total. The van der Waals surface area contributed by atoms with Crippen LogP contribution in [0.3, 0.4) is 0 Å². The largest absolute Gasteiger partial charge is 0.495 e. The van der Waals surface area contributed by atoms with E-state index in [9.17, 15) is 8.42 Å². The number of nitrogens with two attached hydrogens (primary N) is 1. The lowest BCUT2D eigenvalue weighted by Crippen LogP contribution is -2.45. The molecular formula is C16H27ClN2O3S. The molecule has 1 saturated heterocycles. The van der Waals surface area contributed by atoms with Gasteiger partial charge in [-0.25, -0.2) is 8.42 Å². The molecule has 0 saturated carbocycles. The molecule has 1 aromatic rings. The van der Waals surface area contributed by atoms with Gasteiger partial charge in [0.15, 0.2) is 0 Å². The van der Waals surface area contributed by atoms with Gasteiger partial charge in [0.1, 0.15) is 10.6 Å². The summed E-state index contributed by atoms with van der Waals surface area (Å²) in [6.07, 6.45) is 1.83. The first-order valence-electron chi connectivity index (χ1n) is 7.68. The second-order valence-electron chi connectivity index (χ2n) is 6.24. The van der Waals surface area contributed by atoms with Gasteiger partial charge in [0.05, 0.1) is 7.11 Å². The third-order valence-electron chi connectivity index (χ3n) is 4.37. The van der Waals surface area contributed by atoms with E-state index in [1.165, 1.54) is 7.11 Å². The molecule has 2 atom stereocenters. The molecule has 1 aromatic carbocycles. The highest BCUT2D eigenvalue weighted by Crippen LogP contribution is 2.33. The molecule has 0 aliphatic carbocycles. The summed E-state index contributed by atoms with van der Waals surface area (Å²) in [6.45, 7) is 6.73.